The highest BCUT2D eigenvalue weighted by atomic mass is 32.1. The lowest BCUT2D eigenvalue weighted by Gasteiger charge is -2.21. The molecule has 8 heteroatoms. The maximum Gasteiger partial charge on any atom is 0.287 e. The molecule has 0 aliphatic carbocycles. The molecule has 4 heterocycles. The summed E-state index contributed by atoms with van der Waals surface area (Å²) in [6.45, 7) is 0.922. The second-order valence-corrected chi connectivity index (χ2v) is 6.47. The molecule has 114 valence electrons. The molecule has 0 bridgehead atoms. The fourth-order valence-electron chi connectivity index (χ4n) is 2.90. The number of ether oxygens (including phenoxy) is 1. The third-order valence-electron chi connectivity index (χ3n) is 3.92. The van der Waals surface area contributed by atoms with Gasteiger partial charge in [0.15, 0.2) is 6.61 Å². The first-order chi connectivity index (χ1) is 10.5. The molecule has 22 heavy (non-hydrogen) atoms. The van der Waals surface area contributed by atoms with Crippen LogP contribution in [0.25, 0.3) is 10.4 Å². The Balaban J connectivity index is 1.96. The summed E-state index contributed by atoms with van der Waals surface area (Å²) in [5.41, 5.74) is 1.68. The van der Waals surface area contributed by atoms with Gasteiger partial charge in [0.05, 0.1) is 11.1 Å². The van der Waals surface area contributed by atoms with Crippen LogP contribution in [0.5, 0.6) is 5.75 Å². The van der Waals surface area contributed by atoms with Crippen LogP contribution in [0.15, 0.2) is 17.4 Å². The van der Waals surface area contributed by atoms with Crippen molar-refractivity contribution in [1.29, 1.82) is 0 Å². The minimum absolute atomic E-state index is 0.367. The van der Waals surface area contributed by atoms with Crippen molar-refractivity contribution < 1.29 is 18.3 Å². The summed E-state index contributed by atoms with van der Waals surface area (Å²) in [6, 6.07) is 0. The van der Waals surface area contributed by atoms with Gasteiger partial charge in [-0.15, -0.1) is 11.3 Å². The van der Waals surface area contributed by atoms with Crippen LogP contribution in [0, 0.1) is 0 Å². The van der Waals surface area contributed by atoms with Gasteiger partial charge in [-0.1, -0.05) is 0 Å². The minimum Gasteiger partial charge on any atom is -0.485 e. The van der Waals surface area contributed by atoms with Crippen molar-refractivity contribution in [3.05, 3.63) is 22.8 Å². The molecule has 2 aromatic rings. The third kappa shape index (κ3) is 1.90. The number of amides is 1. The van der Waals surface area contributed by atoms with E-state index in [0.717, 1.165) is 0 Å². The average Bonchev–Trinajstić information content (AvgIpc) is 3.05. The van der Waals surface area contributed by atoms with Crippen LogP contribution in [0.1, 0.15) is 34.5 Å². The number of hydrogen-bond acceptors (Lipinski definition) is 4. The highest BCUT2D eigenvalue weighted by Gasteiger charge is 2.45. The molecular formula is C14H11F2N3O2S. The zero-order chi connectivity index (χ0) is 15.5. The lowest BCUT2D eigenvalue weighted by molar-refractivity contribution is -0.0436. The normalized spacial score (nSPS) is 22.6. The number of rotatable bonds is 1. The van der Waals surface area contributed by atoms with E-state index in [1.165, 1.54) is 11.3 Å². The van der Waals surface area contributed by atoms with E-state index in [4.69, 9.17) is 4.74 Å². The lowest BCUT2D eigenvalue weighted by Crippen LogP contribution is -2.28. The quantitative estimate of drug-likeness (QED) is 0.876. The summed E-state index contributed by atoms with van der Waals surface area (Å²) in [5.74, 6) is -3.56. The molecule has 1 unspecified atom stereocenters. The Morgan fingerprint density at radius 3 is 3.00 bits per heavy atom. The lowest BCUT2D eigenvalue weighted by atomic mass is 9.87. The molecule has 2 aliphatic rings. The minimum atomic E-state index is -2.95. The molecule has 2 aliphatic heterocycles. The second-order valence-electron chi connectivity index (χ2n) is 5.45. The van der Waals surface area contributed by atoms with Crippen molar-refractivity contribution in [2.75, 3.05) is 6.61 Å². The second kappa shape index (κ2) is 4.45. The number of hydrogen-bond donors (Lipinski definition) is 1. The van der Waals surface area contributed by atoms with E-state index in [0.29, 0.717) is 32.3 Å². The molecule has 0 saturated carbocycles. The fraction of sp³-hybridized carbons (Fsp3) is 0.357. The SMILES string of the molecule is CC1=NC(=O)c2sc(-c3cn[nH]c3)c3c2C1CC(F)(F)CO3. The molecule has 0 fully saturated rings. The van der Waals surface area contributed by atoms with Gasteiger partial charge in [-0.05, 0) is 6.92 Å². The molecule has 0 saturated heterocycles. The van der Waals surface area contributed by atoms with Gasteiger partial charge >= 0.3 is 0 Å². The molecule has 1 amide bonds. The van der Waals surface area contributed by atoms with Crippen molar-refractivity contribution in [2.24, 2.45) is 4.99 Å². The van der Waals surface area contributed by atoms with E-state index in [1.807, 2.05) is 0 Å². The summed E-state index contributed by atoms with van der Waals surface area (Å²) in [4.78, 5) is 17.1. The summed E-state index contributed by atoms with van der Waals surface area (Å²) in [7, 11) is 0. The van der Waals surface area contributed by atoms with Crippen LogP contribution >= 0.6 is 11.3 Å². The number of aromatic nitrogens is 2. The number of carbonyl (C=O) groups is 1. The largest absolute Gasteiger partial charge is 0.485 e. The fourth-order valence-corrected chi connectivity index (χ4v) is 4.07. The zero-order valence-corrected chi connectivity index (χ0v) is 12.3. The molecule has 0 radical (unpaired) electrons. The van der Waals surface area contributed by atoms with Crippen LogP contribution in [0.2, 0.25) is 0 Å². The Bertz CT molecular complexity index is 795. The van der Waals surface area contributed by atoms with Gasteiger partial charge in [0, 0.05) is 35.4 Å². The topological polar surface area (TPSA) is 67.3 Å². The molecule has 1 N–H and O–H groups in total. The van der Waals surface area contributed by atoms with Crippen molar-refractivity contribution in [2.45, 2.75) is 25.2 Å². The number of aromatic amines is 1. The Hall–Kier alpha value is -2.09. The van der Waals surface area contributed by atoms with E-state index in [2.05, 4.69) is 15.2 Å². The Morgan fingerprint density at radius 1 is 1.45 bits per heavy atom. The molecule has 2 aromatic heterocycles. The summed E-state index contributed by atoms with van der Waals surface area (Å²) < 4.78 is 33.3. The van der Waals surface area contributed by atoms with E-state index >= 15 is 0 Å². The highest BCUT2D eigenvalue weighted by Crippen LogP contribution is 2.52. The van der Waals surface area contributed by atoms with Gasteiger partial charge in [0.25, 0.3) is 11.8 Å². The summed E-state index contributed by atoms with van der Waals surface area (Å²) in [6.07, 6.45) is 2.83. The van der Waals surface area contributed by atoms with Crippen molar-refractivity contribution in [3.8, 4) is 16.2 Å². The summed E-state index contributed by atoms with van der Waals surface area (Å²) >= 11 is 1.22. The van der Waals surface area contributed by atoms with Crippen LogP contribution in [-0.4, -0.2) is 34.3 Å². The van der Waals surface area contributed by atoms with E-state index < -0.39 is 30.8 Å². The summed E-state index contributed by atoms with van der Waals surface area (Å²) in [5, 5.41) is 6.55. The number of thiophene rings is 1. The van der Waals surface area contributed by atoms with E-state index in [9.17, 15) is 13.6 Å². The van der Waals surface area contributed by atoms with E-state index in [-0.39, 0.29) is 0 Å². The van der Waals surface area contributed by atoms with Crippen LogP contribution in [0.4, 0.5) is 8.78 Å². The van der Waals surface area contributed by atoms with Gasteiger partial charge < -0.3 is 4.74 Å². The van der Waals surface area contributed by atoms with Crippen molar-refractivity contribution in [3.63, 3.8) is 0 Å². The first kappa shape index (κ1) is 13.6. The smallest absolute Gasteiger partial charge is 0.287 e. The average molecular weight is 323 g/mol. The Morgan fingerprint density at radius 2 is 2.27 bits per heavy atom. The third-order valence-corrected chi connectivity index (χ3v) is 5.14. The van der Waals surface area contributed by atoms with Gasteiger partial charge in [-0.25, -0.2) is 13.8 Å². The molecular weight excluding hydrogens is 312 g/mol. The zero-order valence-electron chi connectivity index (χ0n) is 11.5. The number of nitrogens with zero attached hydrogens (tertiary/aromatic N) is 2. The number of nitrogens with one attached hydrogen (secondary N) is 1. The van der Waals surface area contributed by atoms with E-state index in [1.54, 1.807) is 19.3 Å². The van der Waals surface area contributed by atoms with Gasteiger partial charge in [-0.3, -0.25) is 9.89 Å². The molecule has 0 spiro atoms. The van der Waals surface area contributed by atoms with Crippen molar-refractivity contribution >= 4 is 23.0 Å². The number of H-pyrrole nitrogens is 1. The molecule has 0 aromatic carbocycles. The van der Waals surface area contributed by atoms with Gasteiger partial charge in [-0.2, -0.15) is 5.10 Å². The first-order valence-electron chi connectivity index (χ1n) is 6.72. The highest BCUT2D eigenvalue weighted by molar-refractivity contribution is 7.18. The number of alkyl halides is 2. The van der Waals surface area contributed by atoms with Crippen LogP contribution in [0.3, 0.4) is 0 Å². The maximum atomic E-state index is 14.0. The van der Waals surface area contributed by atoms with Crippen LogP contribution < -0.4 is 4.74 Å². The maximum absolute atomic E-state index is 14.0. The van der Waals surface area contributed by atoms with Crippen molar-refractivity contribution in [1.82, 2.24) is 10.2 Å². The number of halogens is 2. The standard InChI is InChI=1S/C14H11F2N3O2S/c1-6-8-2-14(15,16)5-21-10-9(8)12(13(20)19-6)22-11(10)7-3-17-18-4-7/h3-4,8H,2,5H2,1H3,(H,17,18). The molecule has 5 nitrogen and oxygen atoms in total. The Labute approximate surface area is 128 Å². The van der Waals surface area contributed by atoms with Gasteiger partial charge in [0.2, 0.25) is 0 Å². The molecule has 4 rings (SSSR count). The van der Waals surface area contributed by atoms with Crippen LogP contribution in [-0.2, 0) is 0 Å². The number of carbonyl (C=O) groups excluding carboxylic acids is 1. The number of aliphatic imine (C=N–C) groups is 1. The first-order valence-corrected chi connectivity index (χ1v) is 7.54. The predicted molar refractivity (Wildman–Crippen MR) is 77.1 cm³/mol. The monoisotopic (exact) mass is 323 g/mol. The Kier molecular flexibility index (Phi) is 2.75. The molecule has 1 atom stereocenters. The van der Waals surface area contributed by atoms with Gasteiger partial charge in [0.1, 0.15) is 10.6 Å². The predicted octanol–water partition coefficient (Wildman–Crippen LogP) is 3.25.